The van der Waals surface area contributed by atoms with Gasteiger partial charge < -0.3 is 15.4 Å². The van der Waals surface area contributed by atoms with Gasteiger partial charge in [0, 0.05) is 6.04 Å². The fourth-order valence-corrected chi connectivity index (χ4v) is 2.69. The van der Waals surface area contributed by atoms with E-state index in [9.17, 15) is 4.79 Å². The molecule has 2 N–H and O–H groups in total. The van der Waals surface area contributed by atoms with Gasteiger partial charge in [0.1, 0.15) is 5.75 Å². The molecule has 0 aliphatic carbocycles. The summed E-state index contributed by atoms with van der Waals surface area (Å²) in [7, 11) is 0. The van der Waals surface area contributed by atoms with E-state index in [-0.39, 0.29) is 24.4 Å². The van der Waals surface area contributed by atoms with Crippen LogP contribution in [0.5, 0.6) is 5.75 Å². The van der Waals surface area contributed by atoms with Crippen LogP contribution in [0.3, 0.4) is 0 Å². The van der Waals surface area contributed by atoms with E-state index in [2.05, 4.69) is 33.5 Å². The van der Waals surface area contributed by atoms with E-state index in [4.69, 9.17) is 4.74 Å². The molecular weight excluding hydrogens is 356 g/mol. The van der Waals surface area contributed by atoms with Gasteiger partial charge in [0.15, 0.2) is 6.10 Å². The number of rotatable bonds is 4. The second-order valence-corrected chi connectivity index (χ2v) is 6.13. The van der Waals surface area contributed by atoms with Crippen LogP contribution in [0, 0.1) is 5.92 Å². The number of amides is 1. The molecule has 3 atom stereocenters. The number of benzene rings is 1. The molecule has 0 saturated carbocycles. The van der Waals surface area contributed by atoms with Crippen LogP contribution >= 0.6 is 28.3 Å². The zero-order valence-electron chi connectivity index (χ0n) is 12.3. The van der Waals surface area contributed by atoms with E-state index >= 15 is 0 Å². The highest BCUT2D eigenvalue weighted by Gasteiger charge is 2.25. The average molecular weight is 378 g/mol. The molecular formula is C15H22BrClN2O2. The zero-order valence-corrected chi connectivity index (χ0v) is 14.7. The highest BCUT2D eigenvalue weighted by Crippen LogP contribution is 2.24. The molecule has 0 spiro atoms. The Bertz CT molecular complexity index is 473. The minimum absolute atomic E-state index is 0. The Morgan fingerprint density at radius 3 is 2.86 bits per heavy atom. The molecule has 1 aliphatic heterocycles. The Balaban J connectivity index is 0.00000220. The molecule has 1 fully saturated rings. The Kier molecular flexibility index (Phi) is 7.49. The molecule has 1 heterocycles. The number of nitrogens with one attached hydrogen (secondary N) is 2. The standard InChI is InChI=1S/C15H21BrN2O2.ClH/c1-10-9-17-8-7-13(10)18-15(19)11(2)20-14-6-4-3-5-12(14)16;/h3-6,10-11,13,17H,7-9H2,1-2H3,(H,18,19);1H. The van der Waals surface area contributed by atoms with Crippen molar-refractivity contribution >= 4 is 34.2 Å². The van der Waals surface area contributed by atoms with Crippen LogP contribution < -0.4 is 15.4 Å². The van der Waals surface area contributed by atoms with Crippen molar-refractivity contribution in [3.05, 3.63) is 28.7 Å². The number of carbonyl (C=O) groups excluding carboxylic acids is 1. The highest BCUT2D eigenvalue weighted by atomic mass is 79.9. The number of halogens is 2. The van der Waals surface area contributed by atoms with Crippen molar-refractivity contribution in [3.8, 4) is 5.75 Å². The highest BCUT2D eigenvalue weighted by molar-refractivity contribution is 9.10. The molecule has 4 nitrogen and oxygen atoms in total. The van der Waals surface area contributed by atoms with Crippen molar-refractivity contribution in [2.45, 2.75) is 32.4 Å². The van der Waals surface area contributed by atoms with E-state index in [1.165, 1.54) is 0 Å². The van der Waals surface area contributed by atoms with Gasteiger partial charge in [0.05, 0.1) is 4.47 Å². The first kappa shape index (κ1) is 18.3. The van der Waals surface area contributed by atoms with Gasteiger partial charge >= 0.3 is 0 Å². The van der Waals surface area contributed by atoms with Crippen molar-refractivity contribution in [2.75, 3.05) is 13.1 Å². The Hall–Kier alpha value is -0.780. The minimum Gasteiger partial charge on any atom is -0.480 e. The van der Waals surface area contributed by atoms with Gasteiger partial charge in [-0.25, -0.2) is 0 Å². The third-order valence-corrected chi connectivity index (χ3v) is 4.28. The van der Waals surface area contributed by atoms with E-state index in [1.54, 1.807) is 6.92 Å². The smallest absolute Gasteiger partial charge is 0.261 e. The predicted molar refractivity (Wildman–Crippen MR) is 90.1 cm³/mol. The number of para-hydroxylation sites is 1. The monoisotopic (exact) mass is 376 g/mol. The summed E-state index contributed by atoms with van der Waals surface area (Å²) < 4.78 is 6.57. The second-order valence-electron chi connectivity index (χ2n) is 5.28. The van der Waals surface area contributed by atoms with E-state index in [1.807, 2.05) is 24.3 Å². The van der Waals surface area contributed by atoms with Crippen molar-refractivity contribution in [2.24, 2.45) is 5.92 Å². The summed E-state index contributed by atoms with van der Waals surface area (Å²) in [5.41, 5.74) is 0. The fraction of sp³-hybridized carbons (Fsp3) is 0.533. The van der Waals surface area contributed by atoms with Crippen LogP contribution in [-0.4, -0.2) is 31.1 Å². The van der Waals surface area contributed by atoms with Crippen molar-refractivity contribution in [1.82, 2.24) is 10.6 Å². The summed E-state index contributed by atoms with van der Waals surface area (Å²) >= 11 is 3.42. The van der Waals surface area contributed by atoms with Gasteiger partial charge in [-0.15, -0.1) is 12.4 Å². The second kappa shape index (κ2) is 8.61. The van der Waals surface area contributed by atoms with Crippen molar-refractivity contribution in [3.63, 3.8) is 0 Å². The van der Waals surface area contributed by atoms with Crippen molar-refractivity contribution in [1.29, 1.82) is 0 Å². The first-order valence-corrected chi connectivity index (χ1v) is 7.79. The molecule has 0 radical (unpaired) electrons. The molecule has 1 amide bonds. The fourth-order valence-electron chi connectivity index (χ4n) is 2.31. The summed E-state index contributed by atoms with van der Waals surface area (Å²) in [5.74, 6) is 1.08. The minimum atomic E-state index is -0.504. The lowest BCUT2D eigenvalue weighted by Gasteiger charge is -2.31. The first-order valence-electron chi connectivity index (χ1n) is 7.00. The molecule has 2 rings (SSSR count). The number of carbonyl (C=O) groups is 1. The predicted octanol–water partition coefficient (Wildman–Crippen LogP) is 2.75. The third kappa shape index (κ3) is 5.16. The summed E-state index contributed by atoms with van der Waals surface area (Å²) in [6.45, 7) is 5.83. The number of hydrogen-bond acceptors (Lipinski definition) is 3. The molecule has 0 bridgehead atoms. The lowest BCUT2D eigenvalue weighted by atomic mass is 9.95. The lowest BCUT2D eigenvalue weighted by molar-refractivity contribution is -0.128. The molecule has 6 heteroatoms. The zero-order chi connectivity index (χ0) is 14.5. The average Bonchev–Trinajstić information content (AvgIpc) is 2.43. The normalized spacial score (nSPS) is 22.8. The summed E-state index contributed by atoms with van der Waals surface area (Å²) in [5, 5.41) is 6.41. The molecule has 21 heavy (non-hydrogen) atoms. The lowest BCUT2D eigenvalue weighted by Crippen LogP contribution is -2.51. The summed E-state index contributed by atoms with van der Waals surface area (Å²) in [6.07, 6.45) is 0.463. The van der Waals surface area contributed by atoms with Crippen LogP contribution in [0.4, 0.5) is 0 Å². The Morgan fingerprint density at radius 2 is 2.19 bits per heavy atom. The van der Waals surface area contributed by atoms with Gasteiger partial charge in [0.25, 0.3) is 5.91 Å². The maximum absolute atomic E-state index is 12.2. The first-order chi connectivity index (χ1) is 9.58. The van der Waals surface area contributed by atoms with E-state index in [0.29, 0.717) is 11.7 Å². The third-order valence-electron chi connectivity index (χ3n) is 3.62. The topological polar surface area (TPSA) is 50.4 Å². The van der Waals surface area contributed by atoms with E-state index < -0.39 is 6.10 Å². The van der Waals surface area contributed by atoms with Crippen LogP contribution in [0.25, 0.3) is 0 Å². The van der Waals surface area contributed by atoms with Crippen LogP contribution in [-0.2, 0) is 4.79 Å². The maximum Gasteiger partial charge on any atom is 0.261 e. The summed E-state index contributed by atoms with van der Waals surface area (Å²) in [6, 6.07) is 7.78. The van der Waals surface area contributed by atoms with Crippen LogP contribution in [0.15, 0.2) is 28.7 Å². The van der Waals surface area contributed by atoms with Gasteiger partial charge in [-0.1, -0.05) is 19.1 Å². The van der Waals surface area contributed by atoms with Crippen molar-refractivity contribution < 1.29 is 9.53 Å². The molecule has 1 aromatic rings. The molecule has 1 saturated heterocycles. The Labute approximate surface area is 140 Å². The maximum atomic E-state index is 12.2. The van der Waals surface area contributed by atoms with Gasteiger partial charge in [-0.3, -0.25) is 4.79 Å². The van der Waals surface area contributed by atoms with Gasteiger partial charge in [-0.2, -0.15) is 0 Å². The molecule has 118 valence electrons. The van der Waals surface area contributed by atoms with Crippen LogP contribution in [0.2, 0.25) is 0 Å². The quantitative estimate of drug-likeness (QED) is 0.848. The molecule has 3 unspecified atom stereocenters. The Morgan fingerprint density at radius 1 is 1.48 bits per heavy atom. The van der Waals surface area contributed by atoms with Crippen LogP contribution in [0.1, 0.15) is 20.3 Å². The van der Waals surface area contributed by atoms with E-state index in [0.717, 1.165) is 24.0 Å². The number of ether oxygens (including phenoxy) is 1. The largest absolute Gasteiger partial charge is 0.480 e. The number of piperidine rings is 1. The van der Waals surface area contributed by atoms with Gasteiger partial charge in [0.2, 0.25) is 0 Å². The molecule has 0 aromatic heterocycles. The molecule has 1 aromatic carbocycles. The number of hydrogen-bond donors (Lipinski definition) is 2. The molecule has 1 aliphatic rings. The SMILES string of the molecule is CC(Oc1ccccc1Br)C(=O)NC1CCNCC1C.Cl. The van der Waals surface area contributed by atoms with Gasteiger partial charge in [-0.05, 0) is 60.4 Å². The summed E-state index contributed by atoms with van der Waals surface area (Å²) in [4.78, 5) is 12.2.